The first-order chi connectivity index (χ1) is 15.6. The molecular formula is C25H24N4O3. The van der Waals surface area contributed by atoms with Gasteiger partial charge < -0.3 is 20.9 Å². The molecule has 1 aliphatic heterocycles. The Morgan fingerprint density at radius 2 is 1.38 bits per heavy atom. The van der Waals surface area contributed by atoms with Crippen molar-refractivity contribution in [3.8, 4) is 0 Å². The molecule has 0 aliphatic carbocycles. The second-order valence-corrected chi connectivity index (χ2v) is 7.68. The molecule has 0 bridgehead atoms. The van der Waals surface area contributed by atoms with Crippen LogP contribution in [0, 0.1) is 5.92 Å². The normalized spacial score (nSPS) is 15.3. The quantitative estimate of drug-likeness (QED) is 0.546. The van der Waals surface area contributed by atoms with Crippen LogP contribution in [0.1, 0.15) is 12.0 Å². The first-order valence-corrected chi connectivity index (χ1v) is 10.4. The van der Waals surface area contributed by atoms with Crippen LogP contribution in [0.15, 0.2) is 84.9 Å². The number of urea groups is 1. The molecule has 3 aromatic carbocycles. The number of rotatable bonds is 6. The van der Waals surface area contributed by atoms with E-state index in [2.05, 4.69) is 16.0 Å². The molecule has 1 unspecified atom stereocenters. The summed E-state index contributed by atoms with van der Waals surface area (Å²) in [4.78, 5) is 39.0. The minimum Gasteiger partial charge on any atom is -0.338 e. The van der Waals surface area contributed by atoms with Gasteiger partial charge in [0, 0.05) is 36.6 Å². The minimum absolute atomic E-state index is 0.0259. The Labute approximate surface area is 186 Å². The molecule has 4 rings (SSSR count). The summed E-state index contributed by atoms with van der Waals surface area (Å²) in [6.45, 7) is 0.885. The third-order valence-electron chi connectivity index (χ3n) is 5.22. The van der Waals surface area contributed by atoms with E-state index in [-0.39, 0.29) is 24.3 Å². The van der Waals surface area contributed by atoms with Crippen LogP contribution in [0.3, 0.4) is 0 Å². The van der Waals surface area contributed by atoms with Crippen molar-refractivity contribution in [2.75, 3.05) is 22.5 Å². The number of para-hydroxylation sites is 1. The summed E-state index contributed by atoms with van der Waals surface area (Å²) in [5.41, 5.74) is 2.82. The van der Waals surface area contributed by atoms with Crippen molar-refractivity contribution >= 4 is 34.9 Å². The van der Waals surface area contributed by atoms with E-state index in [1.807, 2.05) is 48.5 Å². The lowest BCUT2D eigenvalue weighted by Gasteiger charge is -2.17. The van der Waals surface area contributed by atoms with Gasteiger partial charge in [-0.1, -0.05) is 54.6 Å². The summed E-state index contributed by atoms with van der Waals surface area (Å²) < 4.78 is 0. The number of nitrogens with one attached hydrogen (secondary N) is 3. The number of carbonyl (C=O) groups excluding carboxylic acids is 3. The summed E-state index contributed by atoms with van der Waals surface area (Å²) in [5.74, 6) is -0.647. The van der Waals surface area contributed by atoms with Crippen LogP contribution in [-0.4, -0.2) is 29.3 Å². The van der Waals surface area contributed by atoms with Crippen LogP contribution < -0.4 is 16.0 Å². The lowest BCUT2D eigenvalue weighted by molar-refractivity contribution is -0.128. The van der Waals surface area contributed by atoms with E-state index >= 15 is 0 Å². The molecule has 0 radical (unpaired) electrons. The molecule has 0 spiro atoms. The van der Waals surface area contributed by atoms with E-state index < -0.39 is 5.92 Å². The van der Waals surface area contributed by atoms with E-state index in [0.717, 1.165) is 5.56 Å². The summed E-state index contributed by atoms with van der Waals surface area (Å²) in [5, 5.41) is 8.36. The second kappa shape index (κ2) is 9.78. The van der Waals surface area contributed by atoms with Crippen molar-refractivity contribution in [3.63, 3.8) is 0 Å². The number of hydrogen-bond acceptors (Lipinski definition) is 3. The molecule has 0 saturated carbocycles. The van der Waals surface area contributed by atoms with Gasteiger partial charge in [-0.3, -0.25) is 9.59 Å². The van der Waals surface area contributed by atoms with Crippen LogP contribution in [0.2, 0.25) is 0 Å². The molecule has 4 amide bonds. The average Bonchev–Trinajstić information content (AvgIpc) is 3.15. The molecule has 7 nitrogen and oxygen atoms in total. The second-order valence-electron chi connectivity index (χ2n) is 7.68. The van der Waals surface area contributed by atoms with E-state index in [1.165, 1.54) is 0 Å². The lowest BCUT2D eigenvalue weighted by Crippen LogP contribution is -2.28. The molecular weight excluding hydrogens is 404 g/mol. The lowest BCUT2D eigenvalue weighted by atomic mass is 10.1. The highest BCUT2D eigenvalue weighted by Crippen LogP contribution is 2.23. The van der Waals surface area contributed by atoms with Gasteiger partial charge >= 0.3 is 6.03 Å². The van der Waals surface area contributed by atoms with E-state index in [9.17, 15) is 14.4 Å². The monoisotopic (exact) mass is 428 g/mol. The molecule has 162 valence electrons. The Hall–Kier alpha value is -4.13. The maximum atomic E-state index is 12.7. The summed E-state index contributed by atoms with van der Waals surface area (Å²) in [6.07, 6.45) is 0.191. The third kappa shape index (κ3) is 5.51. The summed E-state index contributed by atoms with van der Waals surface area (Å²) in [6, 6.07) is 25.4. The molecule has 1 heterocycles. The number of amides is 4. The Balaban J connectivity index is 1.32. The van der Waals surface area contributed by atoms with Gasteiger partial charge in [0.15, 0.2) is 0 Å². The van der Waals surface area contributed by atoms with Crippen molar-refractivity contribution in [3.05, 3.63) is 90.5 Å². The number of benzene rings is 3. The fourth-order valence-electron chi connectivity index (χ4n) is 3.64. The third-order valence-corrected chi connectivity index (χ3v) is 5.22. The predicted molar refractivity (Wildman–Crippen MR) is 124 cm³/mol. The molecule has 1 fully saturated rings. The van der Waals surface area contributed by atoms with Gasteiger partial charge in [0.25, 0.3) is 0 Å². The van der Waals surface area contributed by atoms with Gasteiger partial charge in [-0.2, -0.15) is 0 Å². The standard InChI is InChI=1S/C25H24N4O3/c30-23-14-19(17-29(23)16-18-8-3-1-4-9-18)24(31)26-21-12-7-13-22(15-21)28-25(32)27-20-10-5-2-6-11-20/h1-13,15,19H,14,16-17H2,(H,26,31)(H2,27,28,32). The van der Waals surface area contributed by atoms with Crippen molar-refractivity contribution in [1.82, 2.24) is 4.90 Å². The SMILES string of the molecule is O=C(Nc1ccccc1)Nc1cccc(NC(=O)C2CC(=O)N(Cc3ccccc3)C2)c1. The first-order valence-electron chi connectivity index (χ1n) is 10.4. The fourth-order valence-corrected chi connectivity index (χ4v) is 3.64. The molecule has 1 aliphatic rings. The zero-order valence-corrected chi connectivity index (χ0v) is 17.5. The first kappa shape index (κ1) is 21.1. The van der Waals surface area contributed by atoms with Crippen LogP contribution in [0.5, 0.6) is 0 Å². The van der Waals surface area contributed by atoms with Crippen LogP contribution >= 0.6 is 0 Å². The molecule has 1 saturated heterocycles. The van der Waals surface area contributed by atoms with Gasteiger partial charge in [-0.25, -0.2) is 4.79 Å². The number of anilines is 3. The van der Waals surface area contributed by atoms with Gasteiger partial charge in [0.05, 0.1) is 5.92 Å². The smallest absolute Gasteiger partial charge is 0.323 e. The van der Waals surface area contributed by atoms with E-state index in [4.69, 9.17) is 0 Å². The van der Waals surface area contributed by atoms with Gasteiger partial charge in [-0.15, -0.1) is 0 Å². The van der Waals surface area contributed by atoms with E-state index in [0.29, 0.717) is 30.2 Å². The predicted octanol–water partition coefficient (Wildman–Crippen LogP) is 4.32. The molecule has 1 atom stereocenters. The average molecular weight is 428 g/mol. The Morgan fingerprint density at radius 3 is 2.09 bits per heavy atom. The Bertz CT molecular complexity index is 1100. The van der Waals surface area contributed by atoms with Crippen LogP contribution in [0.4, 0.5) is 21.9 Å². The zero-order chi connectivity index (χ0) is 22.3. The van der Waals surface area contributed by atoms with Gasteiger partial charge in [0.1, 0.15) is 0 Å². The number of nitrogens with zero attached hydrogens (tertiary/aromatic N) is 1. The maximum Gasteiger partial charge on any atom is 0.323 e. The van der Waals surface area contributed by atoms with Crippen LogP contribution in [0.25, 0.3) is 0 Å². The number of hydrogen-bond donors (Lipinski definition) is 3. The van der Waals surface area contributed by atoms with Crippen LogP contribution in [-0.2, 0) is 16.1 Å². The number of likely N-dealkylation sites (tertiary alicyclic amines) is 1. The zero-order valence-electron chi connectivity index (χ0n) is 17.5. The van der Waals surface area contributed by atoms with Crippen molar-refractivity contribution in [2.24, 2.45) is 5.92 Å². The summed E-state index contributed by atoms with van der Waals surface area (Å²) in [7, 11) is 0. The van der Waals surface area contributed by atoms with Crippen molar-refractivity contribution in [1.29, 1.82) is 0 Å². The summed E-state index contributed by atoms with van der Waals surface area (Å²) >= 11 is 0. The molecule has 7 heteroatoms. The fraction of sp³-hybridized carbons (Fsp3) is 0.160. The maximum absolute atomic E-state index is 12.7. The van der Waals surface area contributed by atoms with Crippen molar-refractivity contribution in [2.45, 2.75) is 13.0 Å². The van der Waals surface area contributed by atoms with Gasteiger partial charge in [0.2, 0.25) is 11.8 Å². The van der Waals surface area contributed by atoms with Gasteiger partial charge in [-0.05, 0) is 35.9 Å². The minimum atomic E-state index is -0.413. The highest BCUT2D eigenvalue weighted by molar-refractivity contribution is 6.01. The largest absolute Gasteiger partial charge is 0.338 e. The molecule has 0 aromatic heterocycles. The Morgan fingerprint density at radius 1 is 0.781 bits per heavy atom. The molecule has 32 heavy (non-hydrogen) atoms. The van der Waals surface area contributed by atoms with Crippen molar-refractivity contribution < 1.29 is 14.4 Å². The Kier molecular flexibility index (Phi) is 6.46. The highest BCUT2D eigenvalue weighted by Gasteiger charge is 2.34. The topological polar surface area (TPSA) is 90.5 Å². The molecule has 3 aromatic rings. The molecule has 3 N–H and O–H groups in total. The van der Waals surface area contributed by atoms with E-state index in [1.54, 1.807) is 41.3 Å². The number of carbonyl (C=O) groups is 3. The highest BCUT2D eigenvalue weighted by atomic mass is 16.2.